The van der Waals surface area contributed by atoms with Gasteiger partial charge in [0.1, 0.15) is 12.8 Å². The summed E-state index contributed by atoms with van der Waals surface area (Å²) >= 11 is 0. The molecule has 1 saturated carbocycles. The molecule has 1 amide bonds. The molecule has 3 nitrogen and oxygen atoms in total. The summed E-state index contributed by atoms with van der Waals surface area (Å²) in [6, 6.07) is 9.15. The lowest BCUT2D eigenvalue weighted by Crippen LogP contribution is -2.44. The molecule has 0 aliphatic heterocycles. The second-order valence-electron chi connectivity index (χ2n) is 5.02. The van der Waals surface area contributed by atoms with Gasteiger partial charge in [0, 0.05) is 7.05 Å². The quantitative estimate of drug-likeness (QED) is 0.836. The summed E-state index contributed by atoms with van der Waals surface area (Å²) in [6.45, 7) is 0.230. The summed E-state index contributed by atoms with van der Waals surface area (Å²) in [6.07, 6.45) is 1.77. The van der Waals surface area contributed by atoms with Crippen LogP contribution >= 0.6 is 0 Å². The number of ether oxygens (including phenoxy) is 1. The van der Waals surface area contributed by atoms with Gasteiger partial charge in [0.15, 0.2) is 0 Å². The highest BCUT2D eigenvalue weighted by atomic mass is 19.1. The maximum atomic E-state index is 13.8. The summed E-state index contributed by atoms with van der Waals surface area (Å²) in [4.78, 5) is 13.3. The zero-order chi connectivity index (χ0) is 13.7. The lowest BCUT2D eigenvalue weighted by atomic mass is 9.93. The molecule has 4 heteroatoms. The van der Waals surface area contributed by atoms with E-state index in [1.54, 1.807) is 7.05 Å². The molecule has 19 heavy (non-hydrogen) atoms. The lowest BCUT2D eigenvalue weighted by Gasteiger charge is -2.33. The van der Waals surface area contributed by atoms with Crippen LogP contribution in [0.5, 0.6) is 0 Å². The highest BCUT2D eigenvalue weighted by Crippen LogP contribution is 2.25. The molecule has 0 heterocycles. The summed E-state index contributed by atoms with van der Waals surface area (Å²) in [5.41, 5.74) is 0.935. The minimum atomic E-state index is -0.928. The van der Waals surface area contributed by atoms with E-state index in [0.717, 1.165) is 24.8 Å². The number of carbonyl (C=O) groups excluding carboxylic acids is 1. The number of hydrogen-bond donors (Lipinski definition) is 0. The minimum absolute atomic E-state index is 0.230. The number of hydrogen-bond acceptors (Lipinski definition) is 2. The molecule has 1 fully saturated rings. The van der Waals surface area contributed by atoms with Crippen LogP contribution in [-0.2, 0) is 11.3 Å². The van der Waals surface area contributed by atoms with Gasteiger partial charge < -0.3 is 9.64 Å². The SMILES string of the molecule is CN(C(=O)OCc1ccccc1)[C@@H]1CCCC[C@H]1F. The van der Waals surface area contributed by atoms with Gasteiger partial charge in [-0.3, -0.25) is 0 Å². The van der Waals surface area contributed by atoms with Crippen molar-refractivity contribution in [3.8, 4) is 0 Å². The van der Waals surface area contributed by atoms with Gasteiger partial charge in [0.25, 0.3) is 0 Å². The van der Waals surface area contributed by atoms with E-state index in [-0.39, 0.29) is 12.6 Å². The predicted octanol–water partition coefficient (Wildman–Crippen LogP) is 3.54. The number of halogens is 1. The lowest BCUT2D eigenvalue weighted by molar-refractivity contribution is 0.0565. The monoisotopic (exact) mass is 265 g/mol. The van der Waals surface area contributed by atoms with E-state index >= 15 is 0 Å². The molecule has 0 bridgehead atoms. The fraction of sp³-hybridized carbons (Fsp3) is 0.533. The molecule has 0 radical (unpaired) electrons. The number of rotatable bonds is 3. The van der Waals surface area contributed by atoms with Crippen LogP contribution in [0.4, 0.5) is 9.18 Å². The van der Waals surface area contributed by atoms with Gasteiger partial charge in [-0.15, -0.1) is 0 Å². The van der Waals surface area contributed by atoms with Gasteiger partial charge in [0.05, 0.1) is 6.04 Å². The Morgan fingerprint density at radius 1 is 1.32 bits per heavy atom. The van der Waals surface area contributed by atoms with Gasteiger partial charge in [-0.05, 0) is 18.4 Å². The first-order valence-electron chi connectivity index (χ1n) is 6.76. The Balaban J connectivity index is 1.85. The summed E-state index contributed by atoms with van der Waals surface area (Å²) < 4.78 is 19.0. The molecule has 1 aliphatic carbocycles. The van der Waals surface area contributed by atoms with E-state index in [2.05, 4.69) is 0 Å². The van der Waals surface area contributed by atoms with E-state index in [4.69, 9.17) is 4.74 Å². The van der Waals surface area contributed by atoms with Crippen molar-refractivity contribution in [2.75, 3.05) is 7.05 Å². The first kappa shape index (κ1) is 13.8. The highest BCUT2D eigenvalue weighted by Gasteiger charge is 2.31. The molecule has 0 aromatic heterocycles. The van der Waals surface area contributed by atoms with Crippen LogP contribution in [0.3, 0.4) is 0 Å². The maximum Gasteiger partial charge on any atom is 0.410 e. The zero-order valence-electron chi connectivity index (χ0n) is 11.2. The second-order valence-corrected chi connectivity index (χ2v) is 5.02. The van der Waals surface area contributed by atoms with Gasteiger partial charge in [-0.1, -0.05) is 43.2 Å². The Morgan fingerprint density at radius 2 is 2.00 bits per heavy atom. The third-order valence-electron chi connectivity index (χ3n) is 3.64. The van der Waals surface area contributed by atoms with E-state index in [1.165, 1.54) is 4.90 Å². The number of carbonyl (C=O) groups is 1. The molecule has 0 unspecified atom stereocenters. The first-order valence-corrected chi connectivity index (χ1v) is 6.76. The minimum Gasteiger partial charge on any atom is -0.445 e. The average molecular weight is 265 g/mol. The zero-order valence-corrected chi connectivity index (χ0v) is 11.2. The van der Waals surface area contributed by atoms with Crippen molar-refractivity contribution in [1.82, 2.24) is 4.90 Å². The highest BCUT2D eigenvalue weighted by molar-refractivity contribution is 5.67. The topological polar surface area (TPSA) is 29.5 Å². The Hall–Kier alpha value is -1.58. The van der Waals surface area contributed by atoms with E-state index in [1.807, 2.05) is 30.3 Å². The maximum absolute atomic E-state index is 13.8. The number of alkyl halides is 1. The molecule has 2 rings (SSSR count). The van der Waals surface area contributed by atoms with Crippen LogP contribution in [0.15, 0.2) is 30.3 Å². The molecule has 0 saturated heterocycles. The average Bonchev–Trinajstić information content (AvgIpc) is 2.45. The largest absolute Gasteiger partial charge is 0.445 e. The number of amides is 1. The van der Waals surface area contributed by atoms with E-state index in [0.29, 0.717) is 6.42 Å². The molecular weight excluding hydrogens is 245 g/mol. The van der Waals surface area contributed by atoms with E-state index < -0.39 is 12.3 Å². The molecule has 1 aromatic rings. The number of nitrogens with zero attached hydrogens (tertiary/aromatic N) is 1. The molecule has 0 N–H and O–H groups in total. The third-order valence-corrected chi connectivity index (χ3v) is 3.64. The van der Waals surface area contributed by atoms with Gasteiger partial charge in [0.2, 0.25) is 0 Å². The number of benzene rings is 1. The molecule has 104 valence electrons. The molecule has 1 aromatic carbocycles. The van der Waals surface area contributed by atoms with Crippen LogP contribution < -0.4 is 0 Å². The third kappa shape index (κ3) is 3.69. The predicted molar refractivity (Wildman–Crippen MR) is 71.5 cm³/mol. The van der Waals surface area contributed by atoms with E-state index in [9.17, 15) is 9.18 Å². The van der Waals surface area contributed by atoms with Crippen LogP contribution in [0.1, 0.15) is 31.2 Å². The molecule has 0 spiro atoms. The van der Waals surface area contributed by atoms with Crippen molar-refractivity contribution in [3.05, 3.63) is 35.9 Å². The molecule has 1 aliphatic rings. The first-order chi connectivity index (χ1) is 9.18. The Morgan fingerprint density at radius 3 is 2.68 bits per heavy atom. The van der Waals surface area contributed by atoms with Gasteiger partial charge in [-0.25, -0.2) is 9.18 Å². The van der Waals surface area contributed by atoms with Crippen molar-refractivity contribution in [3.63, 3.8) is 0 Å². The van der Waals surface area contributed by atoms with Crippen LogP contribution in [0, 0.1) is 0 Å². The summed E-state index contributed by atoms with van der Waals surface area (Å²) in [5, 5.41) is 0. The van der Waals surface area contributed by atoms with Crippen molar-refractivity contribution < 1.29 is 13.9 Å². The van der Waals surface area contributed by atoms with Crippen LogP contribution in [0.2, 0.25) is 0 Å². The molecular formula is C15H20FNO2. The summed E-state index contributed by atoms with van der Waals surface area (Å²) in [5.74, 6) is 0. The van der Waals surface area contributed by atoms with Crippen molar-refractivity contribution >= 4 is 6.09 Å². The fourth-order valence-corrected chi connectivity index (χ4v) is 2.46. The van der Waals surface area contributed by atoms with Crippen LogP contribution in [-0.4, -0.2) is 30.3 Å². The van der Waals surface area contributed by atoms with Crippen molar-refractivity contribution in [2.24, 2.45) is 0 Å². The normalized spacial score (nSPS) is 22.8. The van der Waals surface area contributed by atoms with Gasteiger partial charge in [-0.2, -0.15) is 0 Å². The molecule has 2 atom stereocenters. The Kier molecular flexibility index (Phi) is 4.77. The van der Waals surface area contributed by atoms with Gasteiger partial charge >= 0.3 is 6.09 Å². The Labute approximate surface area is 113 Å². The van der Waals surface area contributed by atoms with Crippen LogP contribution in [0.25, 0.3) is 0 Å². The second kappa shape index (κ2) is 6.55. The fourth-order valence-electron chi connectivity index (χ4n) is 2.46. The van der Waals surface area contributed by atoms with Crippen molar-refractivity contribution in [1.29, 1.82) is 0 Å². The Bertz CT molecular complexity index is 410. The smallest absolute Gasteiger partial charge is 0.410 e. The van der Waals surface area contributed by atoms with Crippen molar-refractivity contribution in [2.45, 2.75) is 44.5 Å². The standard InChI is InChI=1S/C15H20FNO2/c1-17(14-10-6-5-9-13(14)16)15(18)19-11-12-7-3-2-4-8-12/h2-4,7-8,13-14H,5-6,9-11H2,1H3/t13-,14-/m1/s1. The summed E-state index contributed by atoms with van der Waals surface area (Å²) in [7, 11) is 1.62.